The van der Waals surface area contributed by atoms with Gasteiger partial charge in [0.05, 0.1) is 27.3 Å². The number of H-pyrrole nitrogens is 1. The highest BCUT2D eigenvalue weighted by atomic mass is 32.2. The van der Waals surface area contributed by atoms with E-state index in [1.54, 1.807) is 19.9 Å². The predicted molar refractivity (Wildman–Crippen MR) is 136 cm³/mol. The molecule has 0 bridgehead atoms. The third-order valence-corrected chi connectivity index (χ3v) is 8.89. The lowest BCUT2D eigenvalue weighted by Gasteiger charge is -2.36. The van der Waals surface area contributed by atoms with Gasteiger partial charge in [-0.05, 0) is 51.2 Å². The summed E-state index contributed by atoms with van der Waals surface area (Å²) in [5, 5.41) is 9.50. The topological polar surface area (TPSA) is 151 Å². The number of likely N-dealkylation sites (tertiary alicyclic amines) is 1. The van der Waals surface area contributed by atoms with Gasteiger partial charge in [0.25, 0.3) is 5.91 Å². The molecule has 1 aromatic heterocycles. The van der Waals surface area contributed by atoms with E-state index in [1.165, 1.54) is 12.1 Å². The van der Waals surface area contributed by atoms with Crippen LogP contribution in [0.3, 0.4) is 0 Å². The summed E-state index contributed by atoms with van der Waals surface area (Å²) in [5.74, 6) is -3.14. The molecule has 3 heterocycles. The molecule has 0 unspecified atom stereocenters. The normalized spacial score (nSPS) is 17.5. The van der Waals surface area contributed by atoms with Crippen LogP contribution >= 0.6 is 0 Å². The predicted octanol–water partition coefficient (Wildman–Crippen LogP) is 2.17. The van der Waals surface area contributed by atoms with Gasteiger partial charge >= 0.3 is 0 Å². The Labute approximate surface area is 223 Å². The van der Waals surface area contributed by atoms with E-state index < -0.39 is 43.9 Å². The highest BCUT2D eigenvalue weighted by Gasteiger charge is 2.48. The van der Waals surface area contributed by atoms with Gasteiger partial charge in [0.2, 0.25) is 15.9 Å². The van der Waals surface area contributed by atoms with Crippen LogP contribution in [0.1, 0.15) is 45.8 Å². The first kappa shape index (κ1) is 26.7. The minimum atomic E-state index is -4.35. The Hall–Kier alpha value is -3.88. The Bertz CT molecular complexity index is 1580. The molecule has 11 nitrogen and oxygen atoms in total. The molecule has 0 radical (unpaired) electrons. The van der Waals surface area contributed by atoms with E-state index in [0.717, 1.165) is 29.5 Å². The van der Waals surface area contributed by atoms with E-state index >= 15 is 0 Å². The van der Waals surface area contributed by atoms with Crippen molar-refractivity contribution < 1.29 is 31.5 Å². The molecule has 1 fully saturated rings. The van der Waals surface area contributed by atoms with Gasteiger partial charge in [-0.1, -0.05) is 0 Å². The molecule has 14 heteroatoms. The summed E-state index contributed by atoms with van der Waals surface area (Å²) in [6, 6.07) is 6.44. The molecule has 2 aromatic carbocycles. The molecule has 0 atom stereocenters. The fourth-order valence-corrected chi connectivity index (χ4v) is 6.64. The van der Waals surface area contributed by atoms with E-state index in [0.29, 0.717) is 23.1 Å². The van der Waals surface area contributed by atoms with Gasteiger partial charge in [0.1, 0.15) is 23.5 Å². The van der Waals surface area contributed by atoms with Crippen LogP contribution in [-0.2, 0) is 22.1 Å². The summed E-state index contributed by atoms with van der Waals surface area (Å²) in [5.41, 5.74) is 5.02. The molecule has 0 saturated carbocycles. The number of ether oxygens (including phenoxy) is 1. The van der Waals surface area contributed by atoms with Crippen molar-refractivity contribution in [2.75, 3.05) is 25.5 Å². The van der Waals surface area contributed by atoms with Crippen molar-refractivity contribution in [2.24, 2.45) is 5.73 Å². The first-order valence-electron chi connectivity index (χ1n) is 11.9. The Morgan fingerprint density at radius 3 is 2.41 bits per heavy atom. The van der Waals surface area contributed by atoms with Crippen LogP contribution in [0.2, 0.25) is 0 Å². The second-order valence-corrected chi connectivity index (χ2v) is 12.0. The molecule has 206 valence electrons. The second-order valence-electron chi connectivity index (χ2n) is 10.1. The molecular weight excluding hydrogens is 534 g/mol. The van der Waals surface area contributed by atoms with Crippen molar-refractivity contribution in [3.05, 3.63) is 70.4 Å². The number of aromatic nitrogens is 2. The Morgan fingerprint density at radius 1 is 1.13 bits per heavy atom. The minimum Gasteiger partial charge on any atom is -0.488 e. The number of halogens is 2. The van der Waals surface area contributed by atoms with Gasteiger partial charge in [-0.3, -0.25) is 19.6 Å². The van der Waals surface area contributed by atoms with Crippen molar-refractivity contribution in [2.45, 2.75) is 36.9 Å². The number of benzene rings is 2. The number of rotatable bonds is 7. The van der Waals surface area contributed by atoms with Crippen LogP contribution < -0.4 is 15.8 Å². The van der Waals surface area contributed by atoms with Crippen LogP contribution in [0.5, 0.6) is 5.75 Å². The maximum absolute atomic E-state index is 13.8. The van der Waals surface area contributed by atoms with Crippen molar-refractivity contribution in [3.8, 4) is 5.75 Å². The minimum absolute atomic E-state index is 0.0192. The van der Waals surface area contributed by atoms with Crippen molar-refractivity contribution in [3.63, 3.8) is 0 Å². The summed E-state index contributed by atoms with van der Waals surface area (Å²) in [6.45, 7) is 4.42. The number of anilines is 1. The number of likely N-dealkylation sites (N-methyl/N-ethyl adjacent to an activating group) is 1. The first-order valence-corrected chi connectivity index (χ1v) is 13.4. The maximum Gasteiger partial charge on any atom is 0.257 e. The van der Waals surface area contributed by atoms with E-state index in [9.17, 15) is 26.8 Å². The molecule has 3 aromatic rings. The number of nitrogens with one attached hydrogen (secondary N) is 2. The van der Waals surface area contributed by atoms with Gasteiger partial charge < -0.3 is 15.8 Å². The zero-order valence-corrected chi connectivity index (χ0v) is 22.1. The number of hydrogen-bond donors (Lipinski definition) is 3. The van der Waals surface area contributed by atoms with Crippen LogP contribution in [-0.4, -0.2) is 65.9 Å². The van der Waals surface area contributed by atoms with E-state index in [4.69, 9.17) is 10.5 Å². The standard InChI is InChI=1S/C25H26F2N6O5S/c1-25(2)21-20(12-33(25)39(36,37)17-7-13(26)6-14(27)8-17)23(31-30-21)29-24(35)18-5-4-15(9-19(18)22(28)34)38-16-10-32(3)11-16/h4-9,16H,10-12H2,1-3H3,(H2,28,34)(H2,29,30,31,35). The fourth-order valence-electron chi connectivity index (χ4n) is 4.87. The molecule has 1 saturated heterocycles. The lowest BCUT2D eigenvalue weighted by molar-refractivity contribution is 0.0387. The van der Waals surface area contributed by atoms with Gasteiger partial charge in [0, 0.05) is 31.3 Å². The van der Waals surface area contributed by atoms with E-state index in [-0.39, 0.29) is 29.6 Å². The van der Waals surface area contributed by atoms with E-state index in [2.05, 4.69) is 20.4 Å². The van der Waals surface area contributed by atoms with Gasteiger partial charge in [-0.2, -0.15) is 9.40 Å². The number of carbonyl (C=O) groups excluding carboxylic acids is 2. The Kier molecular flexibility index (Phi) is 6.44. The van der Waals surface area contributed by atoms with Crippen molar-refractivity contribution in [1.29, 1.82) is 0 Å². The van der Waals surface area contributed by atoms with Gasteiger partial charge in [0.15, 0.2) is 5.82 Å². The zero-order chi connectivity index (χ0) is 28.3. The smallest absolute Gasteiger partial charge is 0.257 e. The molecule has 4 N–H and O–H groups in total. The number of sulfonamides is 1. The highest BCUT2D eigenvalue weighted by molar-refractivity contribution is 7.89. The van der Waals surface area contributed by atoms with Crippen LogP contribution in [0.15, 0.2) is 41.3 Å². The first-order chi connectivity index (χ1) is 18.3. The molecule has 2 aliphatic heterocycles. The zero-order valence-electron chi connectivity index (χ0n) is 21.3. The molecule has 2 amide bonds. The third-order valence-electron chi connectivity index (χ3n) is 6.89. The Balaban J connectivity index is 1.40. The summed E-state index contributed by atoms with van der Waals surface area (Å²) < 4.78 is 61.2. The average molecular weight is 561 g/mol. The number of nitrogens with zero attached hydrogens (tertiary/aromatic N) is 3. The second kappa shape index (κ2) is 9.39. The molecule has 0 spiro atoms. The molecule has 39 heavy (non-hydrogen) atoms. The number of nitrogens with two attached hydrogens (primary N) is 1. The largest absolute Gasteiger partial charge is 0.488 e. The number of carbonyl (C=O) groups is 2. The quantitative estimate of drug-likeness (QED) is 0.401. The Morgan fingerprint density at radius 2 is 1.79 bits per heavy atom. The molecule has 0 aliphatic carbocycles. The fraction of sp³-hybridized carbons (Fsp3) is 0.320. The van der Waals surface area contributed by atoms with Crippen LogP contribution in [0.4, 0.5) is 14.6 Å². The number of fused-ring (bicyclic) bond motifs is 1. The van der Waals surface area contributed by atoms with Gasteiger partial charge in [-0.15, -0.1) is 0 Å². The lowest BCUT2D eigenvalue weighted by Crippen LogP contribution is -2.51. The van der Waals surface area contributed by atoms with Crippen molar-refractivity contribution >= 4 is 27.7 Å². The lowest BCUT2D eigenvalue weighted by atomic mass is 10.0. The maximum atomic E-state index is 13.8. The monoisotopic (exact) mass is 560 g/mol. The molecular formula is C25H26F2N6O5S. The van der Waals surface area contributed by atoms with Crippen molar-refractivity contribution in [1.82, 2.24) is 19.4 Å². The number of amides is 2. The number of aromatic amines is 1. The molecule has 5 rings (SSSR count). The number of hydrogen-bond acceptors (Lipinski definition) is 7. The summed E-state index contributed by atoms with van der Waals surface area (Å²) in [6.07, 6.45) is -0.0338. The summed E-state index contributed by atoms with van der Waals surface area (Å²) in [7, 11) is -2.40. The van der Waals surface area contributed by atoms with E-state index in [1.807, 2.05) is 7.05 Å². The number of primary amides is 1. The highest BCUT2D eigenvalue weighted by Crippen LogP contribution is 2.44. The van der Waals surface area contributed by atoms with Crippen LogP contribution in [0.25, 0.3) is 0 Å². The third kappa shape index (κ3) is 4.75. The summed E-state index contributed by atoms with van der Waals surface area (Å²) >= 11 is 0. The summed E-state index contributed by atoms with van der Waals surface area (Å²) in [4.78, 5) is 26.8. The van der Waals surface area contributed by atoms with Gasteiger partial charge in [-0.25, -0.2) is 17.2 Å². The SMILES string of the molecule is CN1CC(Oc2ccc(C(=O)Nc3n[nH]c4c3CN(S(=O)(=O)c3cc(F)cc(F)c3)C4(C)C)c(C(N)=O)c2)C1. The molecule has 2 aliphatic rings. The van der Waals surface area contributed by atoms with Crippen LogP contribution in [0, 0.1) is 11.6 Å². The average Bonchev–Trinajstić information content (AvgIpc) is 3.35.